The van der Waals surface area contributed by atoms with E-state index in [0.29, 0.717) is 11.1 Å². The summed E-state index contributed by atoms with van der Waals surface area (Å²) in [5.74, 6) is -0.615. The fourth-order valence-corrected chi connectivity index (χ4v) is 1.51. The van der Waals surface area contributed by atoms with E-state index in [1.165, 1.54) is 6.08 Å². The molecule has 0 spiro atoms. The first-order chi connectivity index (χ1) is 9.52. The number of nitrogens with zero attached hydrogens (tertiary/aromatic N) is 1. The van der Waals surface area contributed by atoms with Crippen molar-refractivity contribution in [2.24, 2.45) is 0 Å². The normalized spacial score (nSPS) is 10.3. The Morgan fingerprint density at radius 3 is 2.70 bits per heavy atom. The molecule has 0 aliphatic carbocycles. The Balaban J connectivity index is 2.52. The Bertz CT molecular complexity index is 556. The summed E-state index contributed by atoms with van der Waals surface area (Å²) < 4.78 is 0. The van der Waals surface area contributed by atoms with Crippen LogP contribution in [0, 0.1) is 11.3 Å². The van der Waals surface area contributed by atoms with Crippen molar-refractivity contribution in [3.63, 3.8) is 0 Å². The van der Waals surface area contributed by atoms with Gasteiger partial charge in [0.05, 0.1) is 18.2 Å². The summed E-state index contributed by atoms with van der Waals surface area (Å²) in [5.41, 5.74) is 1.16. The van der Waals surface area contributed by atoms with E-state index >= 15 is 0 Å². The van der Waals surface area contributed by atoms with Gasteiger partial charge in [0, 0.05) is 12.1 Å². The Morgan fingerprint density at radius 2 is 2.05 bits per heavy atom. The van der Waals surface area contributed by atoms with Crippen LogP contribution in [-0.4, -0.2) is 24.4 Å². The van der Waals surface area contributed by atoms with Crippen LogP contribution >= 0.6 is 0 Å². The SMILES string of the molecule is CC(C)NC(=O)CNC(=O)/C=C/c1ccccc1C#N. The Hall–Kier alpha value is -2.61. The van der Waals surface area contributed by atoms with Crippen LogP contribution in [0.3, 0.4) is 0 Å². The van der Waals surface area contributed by atoms with Crippen LogP contribution in [0.2, 0.25) is 0 Å². The van der Waals surface area contributed by atoms with E-state index in [2.05, 4.69) is 10.6 Å². The Labute approximate surface area is 118 Å². The number of carbonyl (C=O) groups excluding carboxylic acids is 2. The number of hydrogen-bond acceptors (Lipinski definition) is 3. The molecule has 2 amide bonds. The highest BCUT2D eigenvalue weighted by atomic mass is 16.2. The first kappa shape index (κ1) is 15.4. The lowest BCUT2D eigenvalue weighted by atomic mass is 10.1. The zero-order valence-electron chi connectivity index (χ0n) is 11.5. The van der Waals surface area contributed by atoms with Gasteiger partial charge in [0.25, 0.3) is 0 Å². The third-order valence-corrected chi connectivity index (χ3v) is 2.37. The number of amides is 2. The third kappa shape index (κ3) is 5.36. The van der Waals surface area contributed by atoms with Gasteiger partial charge in [0.2, 0.25) is 11.8 Å². The molecule has 104 valence electrons. The molecule has 0 saturated heterocycles. The fourth-order valence-electron chi connectivity index (χ4n) is 1.51. The average Bonchev–Trinajstić information content (AvgIpc) is 2.42. The molecule has 0 aromatic heterocycles. The first-order valence-corrected chi connectivity index (χ1v) is 6.27. The predicted molar refractivity (Wildman–Crippen MR) is 76.5 cm³/mol. The van der Waals surface area contributed by atoms with Gasteiger partial charge < -0.3 is 10.6 Å². The molecule has 2 N–H and O–H groups in total. The minimum absolute atomic E-state index is 0.0393. The zero-order valence-corrected chi connectivity index (χ0v) is 11.5. The standard InChI is InChI=1S/C15H17N3O2/c1-11(2)18-15(20)10-17-14(19)8-7-12-5-3-4-6-13(12)9-16/h3-8,11H,10H2,1-2H3,(H,17,19)(H,18,20)/b8-7+. The lowest BCUT2D eigenvalue weighted by Gasteiger charge is -2.08. The van der Waals surface area contributed by atoms with Gasteiger partial charge in [-0.25, -0.2) is 0 Å². The molecule has 0 aliphatic heterocycles. The van der Waals surface area contributed by atoms with Crippen molar-refractivity contribution in [2.75, 3.05) is 6.54 Å². The minimum atomic E-state index is -0.378. The van der Waals surface area contributed by atoms with Crippen molar-refractivity contribution in [2.45, 2.75) is 19.9 Å². The molecule has 0 aliphatic rings. The first-order valence-electron chi connectivity index (χ1n) is 6.27. The summed E-state index contributed by atoms with van der Waals surface area (Å²) in [4.78, 5) is 22.9. The molecule has 5 nitrogen and oxygen atoms in total. The molecule has 5 heteroatoms. The van der Waals surface area contributed by atoms with Gasteiger partial charge in [0.1, 0.15) is 0 Å². The van der Waals surface area contributed by atoms with E-state index in [1.807, 2.05) is 19.9 Å². The molecule has 0 fully saturated rings. The van der Waals surface area contributed by atoms with Gasteiger partial charge in [-0.3, -0.25) is 9.59 Å². The van der Waals surface area contributed by atoms with Crippen LogP contribution in [0.15, 0.2) is 30.3 Å². The van der Waals surface area contributed by atoms with Gasteiger partial charge in [-0.15, -0.1) is 0 Å². The van der Waals surface area contributed by atoms with Crippen molar-refractivity contribution < 1.29 is 9.59 Å². The zero-order chi connectivity index (χ0) is 15.0. The highest BCUT2D eigenvalue weighted by Crippen LogP contribution is 2.08. The summed E-state index contributed by atoms with van der Waals surface area (Å²) in [6.07, 6.45) is 2.85. The lowest BCUT2D eigenvalue weighted by molar-refractivity contribution is -0.124. The maximum atomic E-state index is 11.5. The van der Waals surface area contributed by atoms with E-state index in [0.717, 1.165) is 0 Å². The summed E-state index contributed by atoms with van der Waals surface area (Å²) in [5, 5.41) is 14.1. The molecule has 20 heavy (non-hydrogen) atoms. The number of benzene rings is 1. The van der Waals surface area contributed by atoms with Gasteiger partial charge in [-0.2, -0.15) is 5.26 Å². The van der Waals surface area contributed by atoms with Crippen molar-refractivity contribution in [1.82, 2.24) is 10.6 Å². The molecule has 0 saturated carbocycles. The molecule has 0 heterocycles. The van der Waals surface area contributed by atoms with E-state index < -0.39 is 0 Å². The average molecular weight is 271 g/mol. The summed E-state index contributed by atoms with van der Waals surface area (Å²) in [6.45, 7) is 3.62. The van der Waals surface area contributed by atoms with E-state index in [9.17, 15) is 9.59 Å². The minimum Gasteiger partial charge on any atom is -0.352 e. The monoisotopic (exact) mass is 271 g/mol. The van der Waals surface area contributed by atoms with Gasteiger partial charge in [0.15, 0.2) is 0 Å². The maximum absolute atomic E-state index is 11.5. The molecule has 1 aromatic rings. The van der Waals surface area contributed by atoms with Gasteiger partial charge in [-0.1, -0.05) is 18.2 Å². The quantitative estimate of drug-likeness (QED) is 0.790. The van der Waals surface area contributed by atoms with E-state index in [1.54, 1.807) is 30.3 Å². The highest BCUT2D eigenvalue weighted by Gasteiger charge is 2.04. The molecule has 0 unspecified atom stereocenters. The highest BCUT2D eigenvalue weighted by molar-refractivity contribution is 5.94. The van der Waals surface area contributed by atoms with Crippen molar-refractivity contribution in [1.29, 1.82) is 5.26 Å². The number of rotatable bonds is 5. The molecular weight excluding hydrogens is 254 g/mol. The molecule has 0 atom stereocenters. The molecular formula is C15H17N3O2. The smallest absolute Gasteiger partial charge is 0.244 e. The predicted octanol–water partition coefficient (Wildman–Crippen LogP) is 1.21. The van der Waals surface area contributed by atoms with Gasteiger partial charge >= 0.3 is 0 Å². The second kappa shape index (κ2) is 7.74. The van der Waals surface area contributed by atoms with E-state index in [-0.39, 0.29) is 24.4 Å². The number of nitriles is 1. The molecule has 1 aromatic carbocycles. The van der Waals surface area contributed by atoms with Gasteiger partial charge in [-0.05, 0) is 31.6 Å². The Kier molecular flexibility index (Phi) is 5.98. The molecule has 1 rings (SSSR count). The summed E-state index contributed by atoms with van der Waals surface area (Å²) in [6, 6.07) is 9.04. The van der Waals surface area contributed by atoms with E-state index in [4.69, 9.17) is 5.26 Å². The second-order valence-electron chi connectivity index (χ2n) is 4.47. The number of hydrogen-bond donors (Lipinski definition) is 2. The van der Waals surface area contributed by atoms with Crippen LogP contribution in [-0.2, 0) is 9.59 Å². The summed E-state index contributed by atoms with van der Waals surface area (Å²) >= 11 is 0. The van der Waals surface area contributed by atoms with Crippen LogP contribution in [0.25, 0.3) is 6.08 Å². The largest absolute Gasteiger partial charge is 0.352 e. The summed E-state index contributed by atoms with van der Waals surface area (Å²) in [7, 11) is 0. The second-order valence-corrected chi connectivity index (χ2v) is 4.47. The topological polar surface area (TPSA) is 82.0 Å². The molecule has 0 bridgehead atoms. The van der Waals surface area contributed by atoms with Crippen LogP contribution in [0.1, 0.15) is 25.0 Å². The number of nitrogens with one attached hydrogen (secondary N) is 2. The van der Waals surface area contributed by atoms with Crippen LogP contribution in [0.4, 0.5) is 0 Å². The maximum Gasteiger partial charge on any atom is 0.244 e. The van der Waals surface area contributed by atoms with Crippen molar-refractivity contribution >= 4 is 17.9 Å². The fraction of sp³-hybridized carbons (Fsp3) is 0.267. The molecule has 0 radical (unpaired) electrons. The van der Waals surface area contributed by atoms with Crippen molar-refractivity contribution in [3.8, 4) is 6.07 Å². The lowest BCUT2D eigenvalue weighted by Crippen LogP contribution is -2.39. The van der Waals surface area contributed by atoms with Crippen molar-refractivity contribution in [3.05, 3.63) is 41.5 Å². The van der Waals surface area contributed by atoms with Crippen LogP contribution in [0.5, 0.6) is 0 Å². The third-order valence-electron chi connectivity index (χ3n) is 2.37. The Morgan fingerprint density at radius 1 is 1.35 bits per heavy atom. The number of carbonyl (C=O) groups is 2. The van der Waals surface area contributed by atoms with Crippen LogP contribution < -0.4 is 10.6 Å².